The molecule has 0 spiro atoms. The van der Waals surface area contributed by atoms with Gasteiger partial charge in [0.05, 0.1) is 0 Å². The van der Waals surface area contributed by atoms with Crippen LogP contribution in [0.1, 0.15) is 24.8 Å². The van der Waals surface area contributed by atoms with E-state index in [-0.39, 0.29) is 24.8 Å². The Balaban J connectivity index is 0.000000960. The first-order valence-electron chi connectivity index (χ1n) is 7.83. The Morgan fingerprint density at radius 3 is 2.78 bits per heavy atom. The highest BCUT2D eigenvalue weighted by Gasteiger charge is 2.31. The van der Waals surface area contributed by atoms with Gasteiger partial charge in [-0.25, -0.2) is 0 Å². The van der Waals surface area contributed by atoms with E-state index >= 15 is 0 Å². The van der Waals surface area contributed by atoms with E-state index < -0.39 is 0 Å². The summed E-state index contributed by atoms with van der Waals surface area (Å²) in [5.41, 5.74) is 1.14. The van der Waals surface area contributed by atoms with Crippen molar-refractivity contribution in [3.63, 3.8) is 0 Å². The van der Waals surface area contributed by atoms with Crippen LogP contribution in [0.4, 0.5) is 0 Å². The number of rotatable bonds is 2. The molecule has 0 radical (unpaired) electrons. The lowest BCUT2D eigenvalue weighted by molar-refractivity contribution is 0.109. The Morgan fingerprint density at radius 1 is 1.17 bits per heavy atom. The minimum atomic E-state index is 0. The van der Waals surface area contributed by atoms with Crippen molar-refractivity contribution in [1.29, 1.82) is 0 Å². The van der Waals surface area contributed by atoms with Crippen molar-refractivity contribution in [3.05, 3.63) is 22.7 Å². The number of halogens is 3. The number of benzene rings is 1. The van der Waals surface area contributed by atoms with Crippen molar-refractivity contribution in [2.24, 2.45) is 5.92 Å². The topological polar surface area (TPSA) is 33.7 Å². The number of likely N-dealkylation sites (tertiary alicyclic amines) is 1. The van der Waals surface area contributed by atoms with Gasteiger partial charge in [0.1, 0.15) is 0 Å². The van der Waals surface area contributed by atoms with E-state index in [1.54, 1.807) is 0 Å². The molecule has 2 saturated heterocycles. The Bertz CT molecular complexity index is 544. The fourth-order valence-electron chi connectivity index (χ4n) is 3.79. The molecule has 4 nitrogen and oxygen atoms in total. The van der Waals surface area contributed by atoms with Gasteiger partial charge >= 0.3 is 0 Å². The maximum atomic E-state index is 6.39. The highest BCUT2D eigenvalue weighted by Crippen LogP contribution is 2.37. The third-order valence-corrected chi connectivity index (χ3v) is 5.26. The summed E-state index contributed by atoms with van der Waals surface area (Å²) in [6, 6.07) is 4.64. The SMILES string of the molecule is Cl.Cl.Clc1cc2c(cc1CN1CC[C@@H]3NCCC[C@@H]3C1)OCO2. The summed E-state index contributed by atoms with van der Waals surface area (Å²) >= 11 is 6.39. The summed E-state index contributed by atoms with van der Waals surface area (Å²) in [6.45, 7) is 4.70. The zero-order valence-electron chi connectivity index (χ0n) is 12.9. The highest BCUT2D eigenvalue weighted by molar-refractivity contribution is 6.31. The van der Waals surface area contributed by atoms with Crippen LogP contribution in [0.25, 0.3) is 0 Å². The van der Waals surface area contributed by atoms with Crippen molar-refractivity contribution >= 4 is 36.4 Å². The van der Waals surface area contributed by atoms with Gasteiger partial charge < -0.3 is 14.8 Å². The second kappa shape index (κ2) is 8.13. The van der Waals surface area contributed by atoms with E-state index in [9.17, 15) is 0 Å². The third kappa shape index (κ3) is 3.99. The fourth-order valence-corrected chi connectivity index (χ4v) is 4.00. The van der Waals surface area contributed by atoms with Gasteiger partial charge in [-0.1, -0.05) is 11.6 Å². The first-order chi connectivity index (χ1) is 10.3. The molecule has 4 rings (SSSR count). The van der Waals surface area contributed by atoms with Gasteiger partial charge in [-0.3, -0.25) is 4.90 Å². The number of nitrogens with one attached hydrogen (secondary N) is 1. The summed E-state index contributed by atoms with van der Waals surface area (Å²) in [4.78, 5) is 2.53. The van der Waals surface area contributed by atoms with E-state index in [0.717, 1.165) is 47.1 Å². The molecule has 3 aliphatic heterocycles. The van der Waals surface area contributed by atoms with Crippen LogP contribution in [0.15, 0.2) is 12.1 Å². The Labute approximate surface area is 154 Å². The smallest absolute Gasteiger partial charge is 0.231 e. The standard InChI is InChI=1S/C16H21ClN2O2.2ClH/c17-13-7-16-15(20-10-21-16)6-12(13)9-19-5-3-14-11(8-19)2-1-4-18-14;;/h6-7,11,14,18H,1-5,8-10H2;2*1H/t11-,14+;;/m1../s1. The monoisotopic (exact) mass is 380 g/mol. The van der Waals surface area contributed by atoms with Gasteiger partial charge in [0.15, 0.2) is 11.5 Å². The predicted octanol–water partition coefficient (Wildman–Crippen LogP) is 3.49. The molecule has 2 atom stereocenters. The van der Waals surface area contributed by atoms with Crippen molar-refractivity contribution in [2.75, 3.05) is 26.4 Å². The van der Waals surface area contributed by atoms with Gasteiger partial charge in [0.2, 0.25) is 6.79 Å². The molecule has 3 aliphatic rings. The number of hydrogen-bond acceptors (Lipinski definition) is 4. The average Bonchev–Trinajstić information content (AvgIpc) is 2.94. The van der Waals surface area contributed by atoms with Gasteiger partial charge in [-0.15, -0.1) is 24.8 Å². The molecule has 1 N–H and O–H groups in total. The number of ether oxygens (including phenoxy) is 2. The van der Waals surface area contributed by atoms with Crippen LogP contribution in [0.3, 0.4) is 0 Å². The highest BCUT2D eigenvalue weighted by atomic mass is 35.5. The normalized spacial score (nSPS) is 26.0. The minimum absolute atomic E-state index is 0. The second-order valence-corrected chi connectivity index (χ2v) is 6.69. The third-order valence-electron chi connectivity index (χ3n) is 4.91. The molecule has 2 fully saturated rings. The number of fused-ring (bicyclic) bond motifs is 2. The maximum absolute atomic E-state index is 6.39. The van der Waals surface area contributed by atoms with Crippen LogP contribution in [0.5, 0.6) is 11.5 Å². The van der Waals surface area contributed by atoms with Crippen LogP contribution in [0.2, 0.25) is 5.02 Å². The molecule has 130 valence electrons. The van der Waals surface area contributed by atoms with Crippen LogP contribution >= 0.6 is 36.4 Å². The molecule has 0 bridgehead atoms. The Kier molecular flexibility index (Phi) is 6.69. The molecule has 0 unspecified atom stereocenters. The summed E-state index contributed by atoms with van der Waals surface area (Å²) in [5.74, 6) is 2.38. The van der Waals surface area contributed by atoms with Gasteiger partial charge in [-0.2, -0.15) is 0 Å². The fraction of sp³-hybridized carbons (Fsp3) is 0.625. The lowest BCUT2D eigenvalue weighted by atomic mass is 9.85. The zero-order chi connectivity index (χ0) is 14.2. The molecule has 7 heteroatoms. The molecular weight excluding hydrogens is 359 g/mol. The number of hydrogen-bond donors (Lipinski definition) is 1. The first-order valence-corrected chi connectivity index (χ1v) is 8.21. The number of nitrogens with zero attached hydrogens (tertiary/aromatic N) is 1. The lowest BCUT2D eigenvalue weighted by Gasteiger charge is -2.41. The minimum Gasteiger partial charge on any atom is -0.454 e. The van der Waals surface area contributed by atoms with Crippen LogP contribution in [-0.4, -0.2) is 37.4 Å². The molecule has 0 amide bonds. The molecular formula is C16H23Cl3N2O2. The van der Waals surface area contributed by atoms with Crippen molar-refractivity contribution < 1.29 is 9.47 Å². The van der Waals surface area contributed by atoms with Crippen molar-refractivity contribution in [3.8, 4) is 11.5 Å². The largest absolute Gasteiger partial charge is 0.454 e. The van der Waals surface area contributed by atoms with Crippen LogP contribution < -0.4 is 14.8 Å². The zero-order valence-corrected chi connectivity index (χ0v) is 15.3. The molecule has 1 aromatic carbocycles. The van der Waals surface area contributed by atoms with Crippen molar-refractivity contribution in [1.82, 2.24) is 10.2 Å². The van der Waals surface area contributed by atoms with E-state index in [1.807, 2.05) is 12.1 Å². The van der Waals surface area contributed by atoms with E-state index in [4.69, 9.17) is 21.1 Å². The van der Waals surface area contributed by atoms with Gasteiger partial charge in [-0.05, 0) is 49.9 Å². The molecule has 1 aromatic rings. The molecule has 3 heterocycles. The number of piperidine rings is 2. The maximum Gasteiger partial charge on any atom is 0.231 e. The van der Waals surface area contributed by atoms with E-state index in [0.29, 0.717) is 6.79 Å². The average molecular weight is 382 g/mol. The summed E-state index contributed by atoms with van der Waals surface area (Å²) < 4.78 is 10.8. The van der Waals surface area contributed by atoms with E-state index in [1.165, 1.54) is 32.4 Å². The quantitative estimate of drug-likeness (QED) is 0.850. The second-order valence-electron chi connectivity index (χ2n) is 6.28. The summed E-state index contributed by atoms with van der Waals surface area (Å²) in [6.07, 6.45) is 3.90. The van der Waals surface area contributed by atoms with Gasteiger partial charge in [0, 0.05) is 30.2 Å². The molecule has 0 aliphatic carbocycles. The molecule has 0 saturated carbocycles. The van der Waals surface area contributed by atoms with Crippen LogP contribution in [0, 0.1) is 5.92 Å². The predicted molar refractivity (Wildman–Crippen MR) is 96.5 cm³/mol. The molecule has 23 heavy (non-hydrogen) atoms. The first kappa shape index (κ1) is 18.9. The molecule has 0 aromatic heterocycles. The van der Waals surface area contributed by atoms with Crippen molar-refractivity contribution in [2.45, 2.75) is 31.8 Å². The lowest BCUT2D eigenvalue weighted by Crippen LogP contribution is -2.51. The summed E-state index contributed by atoms with van der Waals surface area (Å²) in [5, 5.41) is 4.44. The Morgan fingerprint density at radius 2 is 1.96 bits per heavy atom. The summed E-state index contributed by atoms with van der Waals surface area (Å²) in [7, 11) is 0. The Hall–Kier alpha value is -0.390. The van der Waals surface area contributed by atoms with E-state index in [2.05, 4.69) is 10.2 Å². The van der Waals surface area contributed by atoms with Gasteiger partial charge in [0.25, 0.3) is 0 Å². The van der Waals surface area contributed by atoms with Crippen LogP contribution in [-0.2, 0) is 6.54 Å².